The molecule has 0 saturated carbocycles. The van der Waals surface area contributed by atoms with E-state index in [1.54, 1.807) is 6.07 Å². The van der Waals surface area contributed by atoms with E-state index in [4.69, 9.17) is 4.74 Å². The molecular weight excluding hydrogens is 267 g/mol. The highest BCUT2D eigenvalue weighted by molar-refractivity contribution is 5.85. The largest absolute Gasteiger partial charge is 0.416 e. The second-order valence-electron chi connectivity index (χ2n) is 4.14. The van der Waals surface area contributed by atoms with Crippen molar-refractivity contribution >= 4 is 12.4 Å². The van der Waals surface area contributed by atoms with Gasteiger partial charge in [-0.3, -0.25) is 0 Å². The maximum Gasteiger partial charge on any atom is 0.416 e. The lowest BCUT2D eigenvalue weighted by atomic mass is 10.0. The van der Waals surface area contributed by atoms with E-state index in [-0.39, 0.29) is 24.1 Å². The summed E-state index contributed by atoms with van der Waals surface area (Å²) in [5, 5.41) is 3.10. The first kappa shape index (κ1) is 15.3. The Balaban J connectivity index is 0.00000162. The van der Waals surface area contributed by atoms with Crippen molar-refractivity contribution in [2.75, 3.05) is 19.7 Å². The number of benzene rings is 1. The van der Waals surface area contributed by atoms with E-state index >= 15 is 0 Å². The molecule has 1 atom stereocenters. The van der Waals surface area contributed by atoms with Crippen LogP contribution in [0.3, 0.4) is 0 Å². The lowest BCUT2D eigenvalue weighted by Crippen LogP contribution is -2.33. The average molecular weight is 282 g/mol. The Hall–Kier alpha value is -0.780. The van der Waals surface area contributed by atoms with Gasteiger partial charge in [-0.05, 0) is 24.1 Å². The molecule has 1 saturated heterocycles. The molecule has 1 N–H and O–H groups in total. The predicted molar refractivity (Wildman–Crippen MR) is 65.0 cm³/mol. The number of nitrogens with one attached hydrogen (secondary N) is 1. The summed E-state index contributed by atoms with van der Waals surface area (Å²) in [5.74, 6) is 0. The molecule has 2 nitrogen and oxygen atoms in total. The number of alkyl halides is 3. The van der Waals surface area contributed by atoms with Crippen LogP contribution < -0.4 is 5.32 Å². The van der Waals surface area contributed by atoms with Gasteiger partial charge in [0.25, 0.3) is 0 Å². The van der Waals surface area contributed by atoms with Gasteiger partial charge in [-0.1, -0.05) is 12.1 Å². The number of ether oxygens (including phenoxy) is 1. The molecule has 1 aliphatic rings. The summed E-state index contributed by atoms with van der Waals surface area (Å²) >= 11 is 0. The van der Waals surface area contributed by atoms with Gasteiger partial charge < -0.3 is 10.1 Å². The van der Waals surface area contributed by atoms with E-state index in [1.807, 2.05) is 0 Å². The molecule has 1 unspecified atom stereocenters. The van der Waals surface area contributed by atoms with E-state index in [0.29, 0.717) is 18.7 Å². The van der Waals surface area contributed by atoms with Crippen molar-refractivity contribution in [3.8, 4) is 0 Å². The van der Waals surface area contributed by atoms with Crippen molar-refractivity contribution in [3.05, 3.63) is 34.9 Å². The summed E-state index contributed by atoms with van der Waals surface area (Å²) in [7, 11) is 0. The fourth-order valence-electron chi connectivity index (χ4n) is 1.92. The average Bonchev–Trinajstić information content (AvgIpc) is 2.29. The Morgan fingerprint density at radius 3 is 2.61 bits per heavy atom. The predicted octanol–water partition coefficient (Wildman–Crippen LogP) is 3.10. The van der Waals surface area contributed by atoms with Crippen LogP contribution in [-0.2, 0) is 10.9 Å². The van der Waals surface area contributed by atoms with Gasteiger partial charge in [0.15, 0.2) is 0 Å². The van der Waals surface area contributed by atoms with Crippen molar-refractivity contribution in [2.45, 2.75) is 19.2 Å². The third-order valence-corrected chi connectivity index (χ3v) is 2.87. The molecule has 1 aliphatic heterocycles. The summed E-state index contributed by atoms with van der Waals surface area (Å²) in [5.41, 5.74) is 0.240. The van der Waals surface area contributed by atoms with Gasteiger partial charge in [0.2, 0.25) is 0 Å². The van der Waals surface area contributed by atoms with Gasteiger partial charge in [0.05, 0.1) is 18.3 Å². The summed E-state index contributed by atoms with van der Waals surface area (Å²) in [6.07, 6.45) is -4.59. The number of morpholine rings is 1. The van der Waals surface area contributed by atoms with Gasteiger partial charge in [-0.15, -0.1) is 12.4 Å². The molecule has 0 bridgehead atoms. The Labute approximate surface area is 110 Å². The molecule has 1 aromatic carbocycles. The first-order valence-electron chi connectivity index (χ1n) is 5.48. The van der Waals surface area contributed by atoms with Crippen molar-refractivity contribution in [3.63, 3.8) is 0 Å². The number of hydrogen-bond donors (Lipinski definition) is 1. The van der Waals surface area contributed by atoms with Crippen LogP contribution >= 0.6 is 12.4 Å². The molecule has 0 radical (unpaired) electrons. The highest BCUT2D eigenvalue weighted by atomic mass is 35.5. The van der Waals surface area contributed by atoms with Crippen LogP contribution in [0.15, 0.2) is 18.2 Å². The third-order valence-electron chi connectivity index (χ3n) is 2.87. The molecule has 1 aromatic rings. The van der Waals surface area contributed by atoms with Crippen molar-refractivity contribution in [1.29, 1.82) is 0 Å². The van der Waals surface area contributed by atoms with Crippen LogP contribution in [-0.4, -0.2) is 19.7 Å². The Morgan fingerprint density at radius 1 is 1.33 bits per heavy atom. The van der Waals surface area contributed by atoms with E-state index in [0.717, 1.165) is 6.54 Å². The topological polar surface area (TPSA) is 21.3 Å². The molecule has 102 valence electrons. The highest BCUT2D eigenvalue weighted by Crippen LogP contribution is 2.34. The van der Waals surface area contributed by atoms with E-state index < -0.39 is 11.7 Å². The summed E-state index contributed by atoms with van der Waals surface area (Å²) < 4.78 is 43.7. The number of rotatable bonds is 1. The molecule has 2 rings (SSSR count). The number of halogens is 4. The maximum absolute atomic E-state index is 12.7. The summed E-state index contributed by atoms with van der Waals surface area (Å²) in [6.45, 7) is 3.29. The highest BCUT2D eigenvalue weighted by Gasteiger charge is 2.33. The second kappa shape index (κ2) is 5.91. The zero-order valence-corrected chi connectivity index (χ0v) is 10.7. The summed E-state index contributed by atoms with van der Waals surface area (Å²) in [6, 6.07) is 4.38. The van der Waals surface area contributed by atoms with Gasteiger partial charge in [0.1, 0.15) is 0 Å². The Kier molecular flexibility index (Phi) is 5.01. The Morgan fingerprint density at radius 2 is 2.06 bits per heavy atom. The van der Waals surface area contributed by atoms with Crippen LogP contribution in [0.25, 0.3) is 0 Å². The maximum atomic E-state index is 12.7. The second-order valence-corrected chi connectivity index (χ2v) is 4.14. The monoisotopic (exact) mass is 281 g/mol. The van der Waals surface area contributed by atoms with Crippen molar-refractivity contribution in [1.82, 2.24) is 5.32 Å². The van der Waals surface area contributed by atoms with Gasteiger partial charge in [-0.25, -0.2) is 0 Å². The molecule has 0 amide bonds. The van der Waals surface area contributed by atoms with E-state index in [1.165, 1.54) is 19.1 Å². The van der Waals surface area contributed by atoms with Gasteiger partial charge in [-0.2, -0.15) is 13.2 Å². The van der Waals surface area contributed by atoms with Crippen LogP contribution in [0, 0.1) is 6.92 Å². The summed E-state index contributed by atoms with van der Waals surface area (Å²) in [4.78, 5) is 0. The SMILES string of the molecule is Cc1ccc(C2CNCCO2)cc1C(F)(F)F.Cl. The minimum atomic E-state index is -4.30. The number of hydrogen-bond acceptors (Lipinski definition) is 2. The molecule has 18 heavy (non-hydrogen) atoms. The fourth-order valence-corrected chi connectivity index (χ4v) is 1.92. The van der Waals surface area contributed by atoms with E-state index in [9.17, 15) is 13.2 Å². The number of aryl methyl sites for hydroxylation is 1. The Bertz CT molecular complexity index is 403. The molecule has 1 fully saturated rings. The van der Waals surface area contributed by atoms with Crippen molar-refractivity contribution < 1.29 is 17.9 Å². The van der Waals surface area contributed by atoms with E-state index in [2.05, 4.69) is 5.32 Å². The third kappa shape index (κ3) is 3.37. The van der Waals surface area contributed by atoms with Crippen LogP contribution in [0.1, 0.15) is 22.8 Å². The lowest BCUT2D eigenvalue weighted by molar-refractivity contribution is -0.138. The zero-order chi connectivity index (χ0) is 12.5. The van der Waals surface area contributed by atoms with Crippen LogP contribution in [0.2, 0.25) is 0 Å². The van der Waals surface area contributed by atoms with Gasteiger partial charge >= 0.3 is 6.18 Å². The lowest BCUT2D eigenvalue weighted by Gasteiger charge is -2.25. The molecular formula is C12H15ClF3NO. The van der Waals surface area contributed by atoms with Gasteiger partial charge in [0, 0.05) is 13.1 Å². The van der Waals surface area contributed by atoms with Crippen LogP contribution in [0.5, 0.6) is 0 Å². The molecule has 6 heteroatoms. The molecule has 0 aromatic heterocycles. The standard InChI is InChI=1S/C12H14F3NO.ClH/c1-8-2-3-9(6-10(8)12(13,14)15)11-7-16-4-5-17-11;/h2-3,6,11,16H,4-5,7H2,1H3;1H. The van der Waals surface area contributed by atoms with Crippen LogP contribution in [0.4, 0.5) is 13.2 Å². The molecule has 0 spiro atoms. The quantitative estimate of drug-likeness (QED) is 0.854. The molecule has 1 heterocycles. The smallest absolute Gasteiger partial charge is 0.371 e. The minimum absolute atomic E-state index is 0. The zero-order valence-electron chi connectivity index (χ0n) is 9.88. The fraction of sp³-hybridized carbons (Fsp3) is 0.500. The minimum Gasteiger partial charge on any atom is -0.371 e. The first-order valence-corrected chi connectivity index (χ1v) is 5.48. The molecule has 0 aliphatic carbocycles. The normalized spacial score (nSPS) is 20.3. The van der Waals surface area contributed by atoms with Crippen molar-refractivity contribution in [2.24, 2.45) is 0 Å². The first-order chi connectivity index (χ1) is 7.98.